The molecule has 1 aromatic heterocycles. The number of para-hydroxylation sites is 2. The van der Waals surface area contributed by atoms with Crippen molar-refractivity contribution in [3.05, 3.63) is 58.9 Å². The second-order valence-electron chi connectivity index (χ2n) is 5.16. The number of nitrogens with one attached hydrogen (secondary N) is 1. The average molecular weight is 284 g/mol. The molecule has 1 atom stereocenters. The topological polar surface area (TPSA) is 29.9 Å². The van der Waals surface area contributed by atoms with E-state index in [0.717, 1.165) is 28.4 Å². The molecule has 0 saturated heterocycles. The number of hydrogen-bond donors (Lipinski definition) is 1. The summed E-state index contributed by atoms with van der Waals surface area (Å²) in [6, 6.07) is 14.3. The molecular weight excluding hydrogens is 270 g/mol. The Kier molecular flexibility index (Phi) is 2.51. The molecule has 0 amide bonds. The Morgan fingerprint density at radius 2 is 2.05 bits per heavy atom. The standard InChI is InChI=1S/C16H14ClN3/c1-20-15-12(17)6-4-8-14(15)19-16(20)11-9-18-13-7-3-2-5-10(11)13/h2-8,11,18H,9H2,1H3. The first kappa shape index (κ1) is 11.8. The molecule has 100 valence electrons. The fourth-order valence-corrected chi connectivity index (χ4v) is 3.36. The lowest BCUT2D eigenvalue weighted by atomic mass is 10.0. The summed E-state index contributed by atoms with van der Waals surface area (Å²) in [5.41, 5.74) is 4.48. The summed E-state index contributed by atoms with van der Waals surface area (Å²) in [4.78, 5) is 4.79. The van der Waals surface area contributed by atoms with E-state index in [2.05, 4.69) is 34.1 Å². The lowest BCUT2D eigenvalue weighted by molar-refractivity contribution is 0.748. The average Bonchev–Trinajstić information content (AvgIpc) is 3.01. The minimum absolute atomic E-state index is 0.277. The van der Waals surface area contributed by atoms with Gasteiger partial charge in [0.1, 0.15) is 5.82 Å². The Hall–Kier alpha value is -2.00. The van der Waals surface area contributed by atoms with Crippen LogP contribution in [0.2, 0.25) is 5.02 Å². The maximum absolute atomic E-state index is 6.31. The van der Waals surface area contributed by atoms with Crippen molar-refractivity contribution in [2.45, 2.75) is 5.92 Å². The number of benzene rings is 2. The zero-order valence-electron chi connectivity index (χ0n) is 11.1. The molecule has 0 aliphatic carbocycles. The summed E-state index contributed by atoms with van der Waals surface area (Å²) in [5.74, 6) is 1.34. The smallest absolute Gasteiger partial charge is 0.119 e. The number of fused-ring (bicyclic) bond motifs is 2. The van der Waals surface area contributed by atoms with Crippen LogP contribution in [0.4, 0.5) is 5.69 Å². The zero-order valence-corrected chi connectivity index (χ0v) is 11.9. The number of imidazole rings is 1. The molecule has 0 bridgehead atoms. The molecule has 4 heteroatoms. The van der Waals surface area contributed by atoms with Crippen molar-refractivity contribution >= 4 is 28.3 Å². The second kappa shape index (κ2) is 4.25. The Balaban J connectivity index is 1.92. The first-order valence-electron chi connectivity index (χ1n) is 6.69. The van der Waals surface area contributed by atoms with Crippen molar-refractivity contribution in [3.63, 3.8) is 0 Å². The molecule has 1 N–H and O–H groups in total. The molecule has 2 heterocycles. The third-order valence-corrected chi connectivity index (χ3v) is 4.33. The molecule has 0 saturated carbocycles. The van der Waals surface area contributed by atoms with E-state index in [1.54, 1.807) is 0 Å². The Bertz CT molecular complexity index is 807. The zero-order chi connectivity index (χ0) is 13.7. The largest absolute Gasteiger partial charge is 0.384 e. The van der Waals surface area contributed by atoms with Gasteiger partial charge in [-0.1, -0.05) is 35.9 Å². The van der Waals surface area contributed by atoms with Crippen LogP contribution in [0.25, 0.3) is 11.0 Å². The van der Waals surface area contributed by atoms with Gasteiger partial charge in [-0.05, 0) is 23.8 Å². The molecule has 0 radical (unpaired) electrons. The van der Waals surface area contributed by atoms with E-state index < -0.39 is 0 Å². The van der Waals surface area contributed by atoms with Gasteiger partial charge in [0.05, 0.1) is 22.0 Å². The highest BCUT2D eigenvalue weighted by Crippen LogP contribution is 2.37. The van der Waals surface area contributed by atoms with Crippen molar-refractivity contribution in [1.82, 2.24) is 9.55 Å². The van der Waals surface area contributed by atoms with Crippen LogP contribution in [0.15, 0.2) is 42.5 Å². The van der Waals surface area contributed by atoms with Gasteiger partial charge in [-0.2, -0.15) is 0 Å². The van der Waals surface area contributed by atoms with Gasteiger partial charge in [-0.25, -0.2) is 4.98 Å². The Morgan fingerprint density at radius 3 is 2.90 bits per heavy atom. The number of hydrogen-bond acceptors (Lipinski definition) is 2. The van der Waals surface area contributed by atoms with Crippen molar-refractivity contribution in [2.75, 3.05) is 11.9 Å². The molecule has 1 unspecified atom stereocenters. The molecule has 1 aliphatic rings. The van der Waals surface area contributed by atoms with Crippen LogP contribution in [0.1, 0.15) is 17.3 Å². The predicted octanol–water partition coefficient (Wildman–Crippen LogP) is 3.78. The van der Waals surface area contributed by atoms with E-state index >= 15 is 0 Å². The van der Waals surface area contributed by atoms with E-state index in [1.165, 1.54) is 11.3 Å². The predicted molar refractivity (Wildman–Crippen MR) is 82.5 cm³/mol. The Morgan fingerprint density at radius 1 is 1.20 bits per heavy atom. The molecule has 2 aromatic carbocycles. The van der Waals surface area contributed by atoms with Crippen LogP contribution in [0.3, 0.4) is 0 Å². The van der Waals surface area contributed by atoms with Crippen LogP contribution in [-0.4, -0.2) is 16.1 Å². The van der Waals surface area contributed by atoms with Gasteiger partial charge in [0.25, 0.3) is 0 Å². The molecule has 20 heavy (non-hydrogen) atoms. The van der Waals surface area contributed by atoms with Gasteiger partial charge >= 0.3 is 0 Å². The molecule has 3 aromatic rings. The maximum atomic E-state index is 6.31. The number of aromatic nitrogens is 2. The van der Waals surface area contributed by atoms with E-state index in [1.807, 2.05) is 25.2 Å². The molecule has 0 fully saturated rings. The van der Waals surface area contributed by atoms with Crippen LogP contribution >= 0.6 is 11.6 Å². The van der Waals surface area contributed by atoms with Crippen molar-refractivity contribution in [3.8, 4) is 0 Å². The highest BCUT2D eigenvalue weighted by atomic mass is 35.5. The molecule has 1 aliphatic heterocycles. The van der Waals surface area contributed by atoms with E-state index in [4.69, 9.17) is 16.6 Å². The lowest BCUT2D eigenvalue weighted by Gasteiger charge is -2.10. The summed E-state index contributed by atoms with van der Waals surface area (Å²) in [6.07, 6.45) is 0. The summed E-state index contributed by atoms with van der Waals surface area (Å²) in [7, 11) is 2.04. The SMILES string of the molecule is Cn1c(C2CNc3ccccc32)nc2cccc(Cl)c21. The summed E-state index contributed by atoms with van der Waals surface area (Å²) in [6.45, 7) is 0.883. The molecule has 4 rings (SSSR count). The number of nitrogens with zero attached hydrogens (tertiary/aromatic N) is 2. The van der Waals surface area contributed by atoms with Crippen LogP contribution in [-0.2, 0) is 7.05 Å². The van der Waals surface area contributed by atoms with E-state index in [9.17, 15) is 0 Å². The summed E-state index contributed by atoms with van der Waals surface area (Å²) in [5, 5.41) is 4.20. The van der Waals surface area contributed by atoms with Gasteiger partial charge in [0.2, 0.25) is 0 Å². The number of rotatable bonds is 1. The number of halogens is 1. The third kappa shape index (κ3) is 1.56. The van der Waals surface area contributed by atoms with Crippen LogP contribution < -0.4 is 5.32 Å². The van der Waals surface area contributed by atoms with Gasteiger partial charge in [0, 0.05) is 19.3 Å². The fraction of sp³-hybridized carbons (Fsp3) is 0.188. The fourth-order valence-electron chi connectivity index (χ4n) is 3.07. The first-order chi connectivity index (χ1) is 9.75. The number of anilines is 1. The van der Waals surface area contributed by atoms with Gasteiger partial charge < -0.3 is 9.88 Å². The lowest BCUT2D eigenvalue weighted by Crippen LogP contribution is -2.09. The normalized spacial score (nSPS) is 17.2. The van der Waals surface area contributed by atoms with Gasteiger partial charge in [-0.15, -0.1) is 0 Å². The molecule has 0 spiro atoms. The minimum Gasteiger partial charge on any atom is -0.384 e. The summed E-state index contributed by atoms with van der Waals surface area (Å²) >= 11 is 6.31. The Labute approximate surface area is 122 Å². The van der Waals surface area contributed by atoms with Crippen molar-refractivity contribution in [1.29, 1.82) is 0 Å². The maximum Gasteiger partial charge on any atom is 0.119 e. The highest BCUT2D eigenvalue weighted by Gasteiger charge is 2.27. The van der Waals surface area contributed by atoms with E-state index in [-0.39, 0.29) is 5.92 Å². The first-order valence-corrected chi connectivity index (χ1v) is 7.07. The molecule has 3 nitrogen and oxygen atoms in total. The van der Waals surface area contributed by atoms with Crippen LogP contribution in [0.5, 0.6) is 0 Å². The van der Waals surface area contributed by atoms with Gasteiger partial charge in [0.15, 0.2) is 0 Å². The van der Waals surface area contributed by atoms with Crippen LogP contribution in [0, 0.1) is 0 Å². The van der Waals surface area contributed by atoms with Crippen molar-refractivity contribution in [2.24, 2.45) is 7.05 Å². The number of aryl methyl sites for hydroxylation is 1. The van der Waals surface area contributed by atoms with E-state index in [0.29, 0.717) is 0 Å². The molecular formula is C16H14ClN3. The summed E-state index contributed by atoms with van der Waals surface area (Å²) < 4.78 is 2.12. The second-order valence-corrected chi connectivity index (χ2v) is 5.56. The third-order valence-electron chi connectivity index (χ3n) is 4.02. The van der Waals surface area contributed by atoms with Crippen molar-refractivity contribution < 1.29 is 0 Å². The quantitative estimate of drug-likeness (QED) is 0.736. The minimum atomic E-state index is 0.277. The van der Waals surface area contributed by atoms with Gasteiger partial charge in [-0.3, -0.25) is 0 Å². The monoisotopic (exact) mass is 283 g/mol. The highest BCUT2D eigenvalue weighted by molar-refractivity contribution is 6.35.